The fraction of sp³-hybridized carbons (Fsp3) is 0.130. The van der Waals surface area contributed by atoms with Gasteiger partial charge in [-0.2, -0.15) is 0 Å². The normalized spacial score (nSPS) is 13.0. The lowest BCUT2D eigenvalue weighted by Crippen LogP contribution is -2.21. The Labute approximate surface area is 179 Å². The van der Waals surface area contributed by atoms with Crippen LogP contribution in [-0.4, -0.2) is 20.3 Å². The van der Waals surface area contributed by atoms with E-state index in [9.17, 15) is 5.11 Å². The SMILES string of the molecule is OC(Cn1ccc2ccccc21)Cn1c2ccc(Br)cc2c2cc(Br)ccc21. The van der Waals surface area contributed by atoms with Crippen LogP contribution < -0.4 is 0 Å². The third kappa shape index (κ3) is 3.08. The van der Waals surface area contributed by atoms with Gasteiger partial charge in [-0.3, -0.25) is 0 Å². The first-order valence-corrected chi connectivity index (χ1v) is 10.8. The minimum atomic E-state index is -0.498. The summed E-state index contributed by atoms with van der Waals surface area (Å²) in [6, 6.07) is 23.0. The number of para-hydroxylation sites is 1. The predicted molar refractivity (Wildman–Crippen MR) is 123 cm³/mol. The van der Waals surface area contributed by atoms with Crippen molar-refractivity contribution in [1.82, 2.24) is 9.13 Å². The van der Waals surface area contributed by atoms with Crippen molar-refractivity contribution in [1.29, 1.82) is 0 Å². The zero-order valence-corrected chi connectivity index (χ0v) is 18.2. The molecule has 0 radical (unpaired) electrons. The summed E-state index contributed by atoms with van der Waals surface area (Å²) in [5.41, 5.74) is 3.41. The number of hydrogen-bond donors (Lipinski definition) is 1. The Morgan fingerprint density at radius 3 is 2.07 bits per heavy atom. The van der Waals surface area contributed by atoms with Crippen LogP contribution in [-0.2, 0) is 13.1 Å². The van der Waals surface area contributed by atoms with E-state index in [1.54, 1.807) is 0 Å². The van der Waals surface area contributed by atoms with Crippen LogP contribution >= 0.6 is 31.9 Å². The van der Waals surface area contributed by atoms with Gasteiger partial charge < -0.3 is 14.2 Å². The van der Waals surface area contributed by atoms with Crippen LogP contribution in [0, 0.1) is 0 Å². The number of benzene rings is 3. The molecule has 3 aromatic carbocycles. The summed E-state index contributed by atoms with van der Waals surface area (Å²) in [5, 5.41) is 14.5. The highest BCUT2D eigenvalue weighted by atomic mass is 79.9. The largest absolute Gasteiger partial charge is 0.389 e. The second-order valence-electron chi connectivity index (χ2n) is 7.11. The van der Waals surface area contributed by atoms with E-state index in [1.807, 2.05) is 18.3 Å². The second-order valence-corrected chi connectivity index (χ2v) is 8.95. The minimum Gasteiger partial charge on any atom is -0.389 e. The van der Waals surface area contributed by atoms with Crippen molar-refractivity contribution >= 4 is 64.6 Å². The molecule has 5 aromatic rings. The molecule has 0 spiro atoms. The van der Waals surface area contributed by atoms with Crippen molar-refractivity contribution in [2.24, 2.45) is 0 Å². The lowest BCUT2D eigenvalue weighted by atomic mass is 10.2. The molecule has 140 valence electrons. The van der Waals surface area contributed by atoms with Gasteiger partial charge in [0, 0.05) is 42.5 Å². The van der Waals surface area contributed by atoms with Gasteiger partial charge in [0.25, 0.3) is 0 Å². The lowest BCUT2D eigenvalue weighted by molar-refractivity contribution is 0.138. The third-order valence-corrected chi connectivity index (χ3v) is 6.26. The summed E-state index contributed by atoms with van der Waals surface area (Å²) in [7, 11) is 0. The molecule has 0 bridgehead atoms. The van der Waals surface area contributed by atoms with E-state index in [0.29, 0.717) is 13.1 Å². The molecule has 0 amide bonds. The molecule has 0 aliphatic rings. The van der Waals surface area contributed by atoms with Crippen molar-refractivity contribution < 1.29 is 5.11 Å². The molecule has 0 saturated heterocycles. The fourth-order valence-electron chi connectivity index (χ4n) is 4.04. The Morgan fingerprint density at radius 1 is 0.750 bits per heavy atom. The average Bonchev–Trinajstić information content (AvgIpc) is 3.21. The topological polar surface area (TPSA) is 30.1 Å². The van der Waals surface area contributed by atoms with Gasteiger partial charge >= 0.3 is 0 Å². The molecule has 5 heteroatoms. The summed E-state index contributed by atoms with van der Waals surface area (Å²) in [4.78, 5) is 0. The maximum Gasteiger partial charge on any atom is 0.0897 e. The van der Waals surface area contributed by atoms with Crippen LogP contribution in [0.15, 0.2) is 81.9 Å². The maximum absolute atomic E-state index is 10.9. The van der Waals surface area contributed by atoms with Crippen LogP contribution in [0.3, 0.4) is 0 Å². The third-order valence-electron chi connectivity index (χ3n) is 5.27. The van der Waals surface area contributed by atoms with Crippen molar-refractivity contribution in [3.05, 3.63) is 81.9 Å². The minimum absolute atomic E-state index is 0.498. The lowest BCUT2D eigenvalue weighted by Gasteiger charge is -2.16. The molecule has 3 nitrogen and oxygen atoms in total. The maximum atomic E-state index is 10.9. The number of rotatable bonds is 4. The monoisotopic (exact) mass is 496 g/mol. The van der Waals surface area contributed by atoms with Crippen molar-refractivity contribution in [2.75, 3.05) is 0 Å². The number of halogens is 2. The van der Waals surface area contributed by atoms with Gasteiger partial charge in [0.2, 0.25) is 0 Å². The number of aromatic nitrogens is 2. The molecular weight excluding hydrogens is 480 g/mol. The van der Waals surface area contributed by atoms with E-state index >= 15 is 0 Å². The number of fused-ring (bicyclic) bond motifs is 4. The molecule has 2 heterocycles. The number of hydrogen-bond acceptors (Lipinski definition) is 1. The van der Waals surface area contributed by atoms with Gasteiger partial charge in [-0.15, -0.1) is 0 Å². The van der Waals surface area contributed by atoms with Gasteiger partial charge in [-0.25, -0.2) is 0 Å². The van der Waals surface area contributed by atoms with Crippen LogP contribution in [0.2, 0.25) is 0 Å². The summed E-state index contributed by atoms with van der Waals surface area (Å²) in [6.07, 6.45) is 1.55. The summed E-state index contributed by atoms with van der Waals surface area (Å²) < 4.78 is 6.46. The van der Waals surface area contributed by atoms with E-state index in [4.69, 9.17) is 0 Å². The summed E-state index contributed by atoms with van der Waals surface area (Å²) in [6.45, 7) is 1.09. The van der Waals surface area contributed by atoms with Crippen LogP contribution in [0.25, 0.3) is 32.7 Å². The molecule has 1 N–H and O–H groups in total. The highest BCUT2D eigenvalue weighted by Gasteiger charge is 2.15. The Kier molecular flexibility index (Phi) is 4.54. The number of aliphatic hydroxyl groups excluding tert-OH is 1. The molecule has 0 aliphatic heterocycles. The van der Waals surface area contributed by atoms with Crippen molar-refractivity contribution in [3.63, 3.8) is 0 Å². The van der Waals surface area contributed by atoms with Crippen LogP contribution in [0.4, 0.5) is 0 Å². The first-order valence-electron chi connectivity index (χ1n) is 9.19. The summed E-state index contributed by atoms with van der Waals surface area (Å²) >= 11 is 7.17. The van der Waals surface area contributed by atoms with Gasteiger partial charge in [0.15, 0.2) is 0 Å². The molecule has 0 saturated carbocycles. The Hall–Kier alpha value is -2.08. The van der Waals surface area contributed by atoms with Gasteiger partial charge in [-0.1, -0.05) is 50.1 Å². The molecular formula is C23H18Br2N2O. The van der Waals surface area contributed by atoms with Crippen molar-refractivity contribution in [2.45, 2.75) is 19.2 Å². The van der Waals surface area contributed by atoms with E-state index in [-0.39, 0.29) is 0 Å². The van der Waals surface area contributed by atoms with E-state index in [1.165, 1.54) is 16.2 Å². The predicted octanol–water partition coefficient (Wildman–Crippen LogP) is 6.34. The molecule has 28 heavy (non-hydrogen) atoms. The zero-order valence-electron chi connectivity index (χ0n) is 15.0. The average molecular weight is 498 g/mol. The molecule has 1 unspecified atom stereocenters. The van der Waals surface area contributed by atoms with Crippen LogP contribution in [0.5, 0.6) is 0 Å². The second kappa shape index (κ2) is 7.07. The van der Waals surface area contributed by atoms with Gasteiger partial charge in [-0.05, 0) is 53.9 Å². The Balaban J connectivity index is 1.55. The van der Waals surface area contributed by atoms with Gasteiger partial charge in [0.1, 0.15) is 0 Å². The number of nitrogens with zero attached hydrogens (tertiary/aromatic N) is 2. The Morgan fingerprint density at radius 2 is 1.39 bits per heavy atom. The molecule has 0 aliphatic carbocycles. The standard InChI is InChI=1S/C23H18Br2N2O/c24-16-5-7-22-19(11-16)20-12-17(25)6-8-23(20)27(22)14-18(28)13-26-10-9-15-3-1-2-4-21(15)26/h1-12,18,28H,13-14H2. The fourth-order valence-corrected chi connectivity index (χ4v) is 4.76. The van der Waals surface area contributed by atoms with Crippen LogP contribution in [0.1, 0.15) is 0 Å². The highest BCUT2D eigenvalue weighted by molar-refractivity contribution is 9.10. The molecule has 0 fully saturated rings. The number of aliphatic hydroxyl groups is 1. The smallest absolute Gasteiger partial charge is 0.0897 e. The first-order chi connectivity index (χ1) is 13.6. The Bertz CT molecular complexity index is 1260. The molecule has 5 rings (SSSR count). The highest BCUT2D eigenvalue weighted by Crippen LogP contribution is 2.33. The van der Waals surface area contributed by atoms with E-state index < -0.39 is 6.10 Å². The molecule has 1 atom stereocenters. The quantitative estimate of drug-likeness (QED) is 0.308. The zero-order chi connectivity index (χ0) is 19.3. The van der Waals surface area contributed by atoms with Crippen molar-refractivity contribution in [3.8, 4) is 0 Å². The van der Waals surface area contributed by atoms with E-state index in [0.717, 1.165) is 25.5 Å². The molecule has 2 aromatic heterocycles. The van der Waals surface area contributed by atoms with Gasteiger partial charge in [0.05, 0.1) is 19.2 Å². The first kappa shape index (κ1) is 18.0. The summed E-state index contributed by atoms with van der Waals surface area (Å²) in [5.74, 6) is 0. The van der Waals surface area contributed by atoms with E-state index in [2.05, 4.69) is 95.6 Å².